The van der Waals surface area contributed by atoms with Crippen LogP contribution in [0.4, 0.5) is 23.3 Å². The Hall–Kier alpha value is -2.30. The zero-order valence-electron chi connectivity index (χ0n) is 13.3. The Balaban J connectivity index is 2.02. The number of nitrogen functional groups attached to an aromatic ring is 1. The number of anilines is 4. The van der Waals surface area contributed by atoms with Gasteiger partial charge in [0, 0.05) is 31.4 Å². The fourth-order valence-corrected chi connectivity index (χ4v) is 3.06. The first-order valence-electron chi connectivity index (χ1n) is 7.98. The van der Waals surface area contributed by atoms with E-state index >= 15 is 0 Å². The van der Waals surface area contributed by atoms with Gasteiger partial charge in [-0.1, -0.05) is 18.2 Å². The lowest BCUT2D eigenvalue weighted by molar-refractivity contribution is 0.757. The van der Waals surface area contributed by atoms with Gasteiger partial charge < -0.3 is 15.5 Å². The Morgan fingerprint density at radius 3 is 2.73 bits per heavy atom. The summed E-state index contributed by atoms with van der Waals surface area (Å²) in [6.07, 6.45) is 2.25. The van der Waals surface area contributed by atoms with Gasteiger partial charge in [0.1, 0.15) is 11.6 Å². The molecule has 1 aliphatic heterocycles. The van der Waals surface area contributed by atoms with E-state index < -0.39 is 0 Å². The maximum Gasteiger partial charge on any atom is 0.223 e. The van der Waals surface area contributed by atoms with Crippen molar-refractivity contribution in [1.82, 2.24) is 9.97 Å². The highest BCUT2D eigenvalue weighted by atomic mass is 15.3. The number of hydrogen-bond donors (Lipinski definition) is 1. The average Bonchev–Trinajstić information content (AvgIpc) is 2.55. The molecular weight excluding hydrogens is 274 g/mol. The minimum absolute atomic E-state index is 0.336. The van der Waals surface area contributed by atoms with Crippen LogP contribution in [0.15, 0.2) is 30.3 Å². The number of hydrogen-bond acceptors (Lipinski definition) is 5. The molecule has 0 radical (unpaired) electrons. The van der Waals surface area contributed by atoms with Crippen molar-refractivity contribution >= 4 is 23.3 Å². The first-order valence-corrected chi connectivity index (χ1v) is 7.98. The fraction of sp³-hybridized carbons (Fsp3) is 0.412. The summed E-state index contributed by atoms with van der Waals surface area (Å²) >= 11 is 0. The van der Waals surface area contributed by atoms with Gasteiger partial charge in [-0.3, -0.25) is 0 Å². The maximum absolute atomic E-state index is 5.96. The van der Waals surface area contributed by atoms with Crippen molar-refractivity contribution in [3.8, 4) is 0 Å². The molecule has 2 N–H and O–H groups in total. The van der Waals surface area contributed by atoms with E-state index in [-0.39, 0.29) is 0 Å². The number of aryl methyl sites for hydroxylation is 1. The lowest BCUT2D eigenvalue weighted by Gasteiger charge is -2.31. The molecule has 0 bridgehead atoms. The number of rotatable bonds is 4. The van der Waals surface area contributed by atoms with Gasteiger partial charge in [0.25, 0.3) is 0 Å². The summed E-state index contributed by atoms with van der Waals surface area (Å²) in [5, 5.41) is 0. The van der Waals surface area contributed by atoms with Crippen LogP contribution in [0.2, 0.25) is 0 Å². The van der Waals surface area contributed by atoms with Crippen molar-refractivity contribution in [3.63, 3.8) is 0 Å². The van der Waals surface area contributed by atoms with Crippen LogP contribution in [0.5, 0.6) is 0 Å². The van der Waals surface area contributed by atoms with Gasteiger partial charge in [0.05, 0.1) is 0 Å². The van der Waals surface area contributed by atoms with Gasteiger partial charge >= 0.3 is 0 Å². The highest BCUT2D eigenvalue weighted by Gasteiger charge is 2.20. The van der Waals surface area contributed by atoms with Crippen molar-refractivity contribution in [2.24, 2.45) is 0 Å². The maximum atomic E-state index is 5.96. The van der Waals surface area contributed by atoms with E-state index in [1.807, 2.05) is 6.07 Å². The molecule has 1 aliphatic rings. The molecule has 2 aromatic rings. The van der Waals surface area contributed by atoms with E-state index in [0.29, 0.717) is 5.95 Å². The van der Waals surface area contributed by atoms with Gasteiger partial charge in [-0.25, -0.2) is 0 Å². The molecule has 0 amide bonds. The molecule has 116 valence electrons. The lowest BCUT2D eigenvalue weighted by atomic mass is 10.0. The minimum Gasteiger partial charge on any atom is -0.368 e. The highest BCUT2D eigenvalue weighted by Crippen LogP contribution is 2.33. The van der Waals surface area contributed by atoms with Crippen molar-refractivity contribution in [2.75, 3.05) is 35.2 Å². The lowest BCUT2D eigenvalue weighted by Crippen LogP contribution is -2.27. The van der Waals surface area contributed by atoms with Gasteiger partial charge in [-0.2, -0.15) is 9.97 Å². The Kier molecular flexibility index (Phi) is 4.13. The Morgan fingerprint density at radius 1 is 1.18 bits per heavy atom. The summed E-state index contributed by atoms with van der Waals surface area (Å²) in [7, 11) is 0. The second-order valence-electron chi connectivity index (χ2n) is 5.50. The molecule has 1 aromatic carbocycles. The Morgan fingerprint density at radius 2 is 1.95 bits per heavy atom. The number of benzene rings is 1. The van der Waals surface area contributed by atoms with Crippen molar-refractivity contribution in [2.45, 2.75) is 26.7 Å². The Bertz CT molecular complexity index is 651. The van der Waals surface area contributed by atoms with Crippen LogP contribution in [0.3, 0.4) is 0 Å². The quantitative estimate of drug-likeness (QED) is 0.940. The molecule has 5 heteroatoms. The molecule has 1 aromatic heterocycles. The van der Waals surface area contributed by atoms with E-state index in [1.54, 1.807) is 0 Å². The number of nitrogens with two attached hydrogens (primary N) is 1. The molecule has 0 aliphatic carbocycles. The number of nitrogens with zero attached hydrogens (tertiary/aromatic N) is 4. The van der Waals surface area contributed by atoms with E-state index in [1.165, 1.54) is 11.3 Å². The monoisotopic (exact) mass is 297 g/mol. The summed E-state index contributed by atoms with van der Waals surface area (Å²) in [6.45, 7) is 7.02. The number of aromatic nitrogens is 2. The summed E-state index contributed by atoms with van der Waals surface area (Å²) in [5.41, 5.74) is 8.56. The van der Waals surface area contributed by atoms with Crippen LogP contribution in [0.1, 0.15) is 25.8 Å². The SMILES string of the molecule is CCN(CC)c1cc(N2CCCc3ccccc32)nc(N)n1. The molecule has 0 spiro atoms. The van der Waals surface area contributed by atoms with Crippen LogP contribution in [0.25, 0.3) is 0 Å². The van der Waals surface area contributed by atoms with Gasteiger partial charge in [-0.05, 0) is 38.3 Å². The van der Waals surface area contributed by atoms with Crippen molar-refractivity contribution < 1.29 is 0 Å². The van der Waals surface area contributed by atoms with Crippen molar-refractivity contribution in [1.29, 1.82) is 0 Å². The fourth-order valence-electron chi connectivity index (χ4n) is 3.06. The molecule has 3 rings (SSSR count). The second kappa shape index (κ2) is 6.22. The molecule has 0 saturated carbocycles. The van der Waals surface area contributed by atoms with Gasteiger partial charge in [-0.15, -0.1) is 0 Å². The largest absolute Gasteiger partial charge is 0.368 e. The molecular formula is C17H23N5. The van der Waals surface area contributed by atoms with E-state index in [9.17, 15) is 0 Å². The average molecular weight is 297 g/mol. The number of fused-ring (bicyclic) bond motifs is 1. The third-order valence-electron chi connectivity index (χ3n) is 4.19. The Labute approximate surface area is 131 Å². The molecule has 0 atom stereocenters. The predicted octanol–water partition coefficient (Wildman–Crippen LogP) is 2.99. The summed E-state index contributed by atoms with van der Waals surface area (Å²) in [4.78, 5) is 13.3. The smallest absolute Gasteiger partial charge is 0.223 e. The molecule has 5 nitrogen and oxygen atoms in total. The topological polar surface area (TPSA) is 58.3 Å². The summed E-state index contributed by atoms with van der Waals surface area (Å²) in [5.74, 6) is 2.12. The first-order chi connectivity index (χ1) is 10.7. The zero-order chi connectivity index (χ0) is 15.5. The van der Waals surface area contributed by atoms with Gasteiger partial charge in [0.2, 0.25) is 5.95 Å². The third-order valence-corrected chi connectivity index (χ3v) is 4.19. The van der Waals surface area contributed by atoms with E-state index in [4.69, 9.17) is 5.73 Å². The van der Waals surface area contributed by atoms with Crippen LogP contribution in [0, 0.1) is 0 Å². The van der Waals surface area contributed by atoms with Crippen LogP contribution < -0.4 is 15.5 Å². The second-order valence-corrected chi connectivity index (χ2v) is 5.50. The van der Waals surface area contributed by atoms with Crippen LogP contribution in [-0.2, 0) is 6.42 Å². The molecule has 0 saturated heterocycles. The van der Waals surface area contributed by atoms with Gasteiger partial charge in [0.15, 0.2) is 0 Å². The number of para-hydroxylation sites is 1. The molecule has 0 fully saturated rings. The minimum atomic E-state index is 0.336. The van der Waals surface area contributed by atoms with Crippen molar-refractivity contribution in [3.05, 3.63) is 35.9 Å². The van der Waals surface area contributed by atoms with Crippen LogP contribution in [-0.4, -0.2) is 29.6 Å². The molecule has 22 heavy (non-hydrogen) atoms. The highest BCUT2D eigenvalue weighted by molar-refractivity contribution is 5.68. The third kappa shape index (κ3) is 2.71. The van der Waals surface area contributed by atoms with E-state index in [0.717, 1.165) is 44.1 Å². The van der Waals surface area contributed by atoms with Crippen LogP contribution >= 0.6 is 0 Å². The zero-order valence-corrected chi connectivity index (χ0v) is 13.3. The molecule has 0 unspecified atom stereocenters. The summed E-state index contributed by atoms with van der Waals surface area (Å²) < 4.78 is 0. The molecule has 2 heterocycles. The predicted molar refractivity (Wildman–Crippen MR) is 91.8 cm³/mol. The standard InChI is InChI=1S/C17H23N5/c1-3-21(4-2)15-12-16(20-17(18)19-15)22-11-7-9-13-8-5-6-10-14(13)22/h5-6,8,10,12H,3-4,7,9,11H2,1-2H3,(H2,18,19,20). The summed E-state index contributed by atoms with van der Waals surface area (Å²) in [6, 6.07) is 10.6. The van der Waals surface area contributed by atoms with E-state index in [2.05, 4.69) is 57.9 Å². The first kappa shape index (κ1) is 14.6. The normalized spacial score (nSPS) is 13.8.